The van der Waals surface area contributed by atoms with Crippen molar-refractivity contribution in [3.8, 4) is 67.3 Å². The number of ether oxygens (including phenoxy) is 2. The zero-order valence-electron chi connectivity index (χ0n) is 78.7. The fraction of sp³-hybridized carbons (Fsp3) is 0.153. The summed E-state index contributed by atoms with van der Waals surface area (Å²) < 4.78 is 17.5. The molecule has 20 aromatic rings. The van der Waals surface area contributed by atoms with E-state index in [0.717, 1.165) is 175 Å². The van der Waals surface area contributed by atoms with Gasteiger partial charge >= 0.3 is 0 Å². The lowest BCUT2D eigenvalue weighted by atomic mass is 10.0. The summed E-state index contributed by atoms with van der Waals surface area (Å²) in [6.07, 6.45) is 11.3. The minimum absolute atomic E-state index is 0.0222. The van der Waals surface area contributed by atoms with E-state index in [2.05, 4.69) is 104 Å². The number of pyridine rings is 8. The number of benzene rings is 12. The van der Waals surface area contributed by atoms with Crippen molar-refractivity contribution in [1.82, 2.24) is 63.5 Å². The van der Waals surface area contributed by atoms with E-state index in [0.29, 0.717) is 113 Å². The van der Waals surface area contributed by atoms with Gasteiger partial charge in [-0.25, -0.2) is 0 Å². The lowest BCUT2D eigenvalue weighted by Gasteiger charge is -2.26. The Hall–Kier alpha value is -16.3. The molecular formula is C118H94Cl3N13O10. The number of rotatable bonds is 16. The average molecular weight is 1960 g/mol. The molecule has 0 unspecified atom stereocenters. The number of hydrogen-bond donors (Lipinski definition) is 2. The molecule has 12 aromatic carbocycles. The molecule has 0 radical (unpaired) electrons. The molecule has 10 heterocycles. The van der Waals surface area contributed by atoms with E-state index < -0.39 is 0 Å². The predicted molar refractivity (Wildman–Crippen MR) is 573 cm³/mol. The molecule has 144 heavy (non-hydrogen) atoms. The summed E-state index contributed by atoms with van der Waals surface area (Å²) in [5.41, 5.74) is 21.3. The molecule has 0 spiro atoms. The minimum Gasteiger partial charge on any atom is -0.378 e. The maximum absolute atomic E-state index is 13.3. The number of carbonyl (C=O) groups is 4. The molecule has 2 aliphatic heterocycles. The molecular weight excluding hydrogens is 1870 g/mol. The third-order valence-electron chi connectivity index (χ3n) is 26.4. The second kappa shape index (κ2) is 40.8. The Morgan fingerprint density at radius 1 is 0.326 bits per heavy atom. The molecule has 2 saturated heterocycles. The zero-order valence-corrected chi connectivity index (χ0v) is 81.0. The van der Waals surface area contributed by atoms with Crippen molar-refractivity contribution in [2.24, 2.45) is 0 Å². The number of nitrogens with one attached hydrogen (secondary N) is 2. The van der Waals surface area contributed by atoms with Gasteiger partial charge in [0.1, 0.15) is 0 Å². The number of aryl methyl sites for hydroxylation is 1. The van der Waals surface area contributed by atoms with Gasteiger partial charge in [0.15, 0.2) is 0 Å². The number of carbonyl (C=O) groups excluding carboxylic acids is 4. The molecule has 4 amide bonds. The van der Waals surface area contributed by atoms with Crippen molar-refractivity contribution in [3.63, 3.8) is 0 Å². The molecule has 0 atom stereocenters. The number of nitrogens with zero attached hydrogens (tertiary/aromatic N) is 11. The molecule has 2 aliphatic carbocycles. The maximum atomic E-state index is 13.3. The third-order valence-corrected chi connectivity index (χ3v) is 27.2. The first-order valence-corrected chi connectivity index (χ1v) is 48.8. The van der Waals surface area contributed by atoms with Crippen LogP contribution in [0.1, 0.15) is 78.2 Å². The molecule has 8 aromatic heterocycles. The normalized spacial score (nSPS) is 13.6. The molecule has 23 nitrogen and oxygen atoms in total. The number of halogens is 3. The lowest BCUT2D eigenvalue weighted by molar-refractivity contribution is 0.0301. The summed E-state index contributed by atoms with van der Waals surface area (Å²) in [6, 6.07) is 97.0. The van der Waals surface area contributed by atoms with Crippen LogP contribution >= 0.6 is 34.8 Å². The Labute approximate surface area is 841 Å². The monoisotopic (exact) mass is 1960 g/mol. The SMILES string of the molecule is CN(C)Cc1ccc(-c2ccc3ncc4ccc(=O)n(-c5ccc(C(=O)N6CCOCC6)cc5)c4c3c2)cc1.Cc1cc(C(=O)NC2CC2)ccc1-n1c(=O)ccc2cnc3ccc(-c4ccc(Cl)cc4)cc3c21.O=C(NC1CC1)c1ccc(-n2c(=O)ccc3cnc4ccc(-c5ccc(Cl)cc5)cc4c32)cc1.O=C(c1ccc(-n2c(=O)ccc3cnc4ccc(-c5ccc(Cl)cc5)cc4c32)cc1)N1CCOCC1. The standard InChI is InChI=1S/C32H30N4O3.C29H22ClN3O3.C29H22ClN3O2.C28H20ClN3O2/c1-34(2)21-22-3-5-23(6-4-22)25-9-13-29-28(19-25)31-26(20-33-29)10-14-30(37)36(31)27-11-7-24(8-12-27)32(38)35-15-17-39-18-16-35;30-23-7-1-19(2-8-23)21-5-11-26-25(17-21)28-22(18-31-26)6-12-27(34)33(28)24-9-3-20(4-10-24)29(35)32-13-15-36-16-14-32;1-17-14-20(29(35)32-23-9-10-23)5-12-26(17)33-27(34)13-6-21-16-31-25-11-4-19(15-24(25)28(21)33)18-2-7-22(30)8-3-18;29-21-7-1-17(2-8-21)19-5-13-25-24(15-19)27-20(16-30-25)6-14-26(33)32(27)23-11-3-18(4-12-23)28(34)31-22-9-10-22/h3-14,19-20H,15-18,21H2,1-2H3;1-12,17-18H,13-16H2;2-8,11-16,23H,9-10H2,1H3,(H,32,35);1-8,11-16,22H,9-10H2,(H,31,34). The second-order valence-corrected chi connectivity index (χ2v) is 37.9. The highest BCUT2D eigenvalue weighted by Crippen LogP contribution is 2.38. The van der Waals surface area contributed by atoms with Gasteiger partial charge in [0.05, 0.1) is 76.2 Å². The molecule has 4 fully saturated rings. The van der Waals surface area contributed by atoms with E-state index in [1.165, 1.54) is 5.56 Å². The Morgan fingerprint density at radius 3 is 0.924 bits per heavy atom. The molecule has 0 bridgehead atoms. The molecule has 712 valence electrons. The largest absolute Gasteiger partial charge is 0.378 e. The van der Waals surface area contributed by atoms with Crippen LogP contribution in [0.15, 0.2) is 353 Å². The molecule has 26 heteroatoms. The van der Waals surface area contributed by atoms with E-state index in [4.69, 9.17) is 44.3 Å². The van der Waals surface area contributed by atoms with Gasteiger partial charge in [0.25, 0.3) is 45.9 Å². The van der Waals surface area contributed by atoms with Gasteiger partial charge in [-0.15, -0.1) is 0 Å². The van der Waals surface area contributed by atoms with Gasteiger partial charge in [0.2, 0.25) is 0 Å². The van der Waals surface area contributed by atoms with Crippen molar-refractivity contribution in [2.75, 3.05) is 66.7 Å². The van der Waals surface area contributed by atoms with Crippen LogP contribution < -0.4 is 32.9 Å². The van der Waals surface area contributed by atoms with E-state index in [-0.39, 0.29) is 51.9 Å². The number of fused-ring (bicyclic) bond motifs is 12. The van der Waals surface area contributed by atoms with Gasteiger partial charge in [-0.3, -0.25) is 76.6 Å². The fourth-order valence-electron chi connectivity index (χ4n) is 18.7. The summed E-state index contributed by atoms with van der Waals surface area (Å²) in [7, 11) is 4.12. The van der Waals surface area contributed by atoms with Crippen LogP contribution in [0.3, 0.4) is 0 Å². The topological polar surface area (TPSA) is 260 Å². The summed E-state index contributed by atoms with van der Waals surface area (Å²) in [5, 5.41) is 15.0. The van der Waals surface area contributed by atoms with Crippen molar-refractivity contribution >= 4 is 146 Å². The van der Waals surface area contributed by atoms with Crippen LogP contribution in [-0.2, 0) is 16.0 Å². The van der Waals surface area contributed by atoms with Crippen molar-refractivity contribution in [3.05, 3.63) is 424 Å². The number of hydrogen-bond acceptors (Lipinski definition) is 15. The van der Waals surface area contributed by atoms with Crippen LogP contribution in [0.5, 0.6) is 0 Å². The average Bonchev–Trinajstić information content (AvgIpc) is 1.01. The highest BCUT2D eigenvalue weighted by atomic mass is 35.5. The van der Waals surface area contributed by atoms with Gasteiger partial charge in [-0.2, -0.15) is 0 Å². The quantitative estimate of drug-likeness (QED) is 0.0852. The first-order chi connectivity index (χ1) is 70.1. The van der Waals surface area contributed by atoms with E-state index in [1.807, 2.05) is 183 Å². The maximum Gasteiger partial charge on any atom is 0.255 e. The van der Waals surface area contributed by atoms with E-state index >= 15 is 0 Å². The van der Waals surface area contributed by atoms with Gasteiger partial charge in [-0.05, 0) is 303 Å². The number of aromatic nitrogens is 8. The summed E-state index contributed by atoms with van der Waals surface area (Å²) >= 11 is 18.2. The van der Waals surface area contributed by atoms with E-state index in [9.17, 15) is 38.4 Å². The van der Waals surface area contributed by atoms with Gasteiger partial charge in [-0.1, -0.05) is 120 Å². The Bertz CT molecular complexity index is 8710. The predicted octanol–water partition coefficient (Wildman–Crippen LogP) is 21.9. The first-order valence-electron chi connectivity index (χ1n) is 47.7. The van der Waals surface area contributed by atoms with Gasteiger partial charge in [0, 0.05) is 191 Å². The number of amides is 4. The van der Waals surface area contributed by atoms with Crippen LogP contribution in [-0.4, -0.2) is 155 Å². The Kier molecular flexibility index (Phi) is 26.6. The first kappa shape index (κ1) is 94.0. The minimum atomic E-state index is -0.154. The zero-order chi connectivity index (χ0) is 98.9. The Morgan fingerprint density at radius 2 is 0.611 bits per heavy atom. The molecule has 4 aliphatic rings. The van der Waals surface area contributed by atoms with Crippen LogP contribution in [0.4, 0.5) is 0 Å². The van der Waals surface area contributed by atoms with Crippen molar-refractivity contribution in [1.29, 1.82) is 0 Å². The number of morpholine rings is 2. The van der Waals surface area contributed by atoms with Crippen LogP contribution in [0.2, 0.25) is 15.1 Å². The summed E-state index contributed by atoms with van der Waals surface area (Å²) in [6.45, 7) is 7.36. The Balaban J connectivity index is 0.000000113. The molecule has 2 saturated carbocycles. The van der Waals surface area contributed by atoms with Crippen molar-refractivity contribution in [2.45, 2.75) is 51.2 Å². The lowest BCUT2D eigenvalue weighted by Crippen LogP contribution is -2.40. The highest BCUT2D eigenvalue weighted by molar-refractivity contribution is 6.31. The fourth-order valence-corrected chi connectivity index (χ4v) is 19.1. The van der Waals surface area contributed by atoms with E-state index in [1.54, 1.807) is 132 Å². The van der Waals surface area contributed by atoms with Crippen LogP contribution in [0, 0.1) is 6.92 Å². The summed E-state index contributed by atoms with van der Waals surface area (Å²) in [4.78, 5) is 128. The second-order valence-electron chi connectivity index (χ2n) is 36.6. The van der Waals surface area contributed by atoms with Crippen LogP contribution in [0.25, 0.3) is 154 Å². The third kappa shape index (κ3) is 20.0. The highest BCUT2D eigenvalue weighted by Gasteiger charge is 2.28. The summed E-state index contributed by atoms with van der Waals surface area (Å²) in [5.74, 6) is -0.209. The molecule has 24 rings (SSSR count). The molecule has 2 N–H and O–H groups in total. The van der Waals surface area contributed by atoms with Crippen molar-refractivity contribution < 1.29 is 28.7 Å². The van der Waals surface area contributed by atoms with Gasteiger partial charge < -0.3 is 34.8 Å². The smallest absolute Gasteiger partial charge is 0.255 e.